The lowest BCUT2D eigenvalue weighted by molar-refractivity contribution is 0.421. The van der Waals surface area contributed by atoms with Gasteiger partial charge in [-0.05, 0) is 85.0 Å². The summed E-state index contributed by atoms with van der Waals surface area (Å²) in [6.45, 7) is 8.94. The van der Waals surface area contributed by atoms with E-state index in [1.165, 1.54) is 84.7 Å². The van der Waals surface area contributed by atoms with Crippen LogP contribution in [0.5, 0.6) is 0 Å². The molecule has 0 radical (unpaired) electrons. The van der Waals surface area contributed by atoms with E-state index >= 15 is 8.78 Å². The second-order valence-electron chi connectivity index (χ2n) is 15.3. The van der Waals surface area contributed by atoms with Crippen LogP contribution < -0.4 is 0 Å². The molecule has 7 rings (SSSR count). The van der Waals surface area contributed by atoms with E-state index in [-0.39, 0.29) is 17.2 Å². The molecular weight excluding hydrogens is 831 g/mol. The smallest absolute Gasteiger partial charge is 0.150 e. The molecule has 3 aromatic heterocycles. The largest absolute Gasteiger partial charge is 0.206 e. The number of unbranched alkanes of at least 4 members (excludes halogenated alkanes) is 2. The van der Waals surface area contributed by atoms with E-state index < -0.39 is 0 Å². The summed E-state index contributed by atoms with van der Waals surface area (Å²) >= 11 is 6.93. The van der Waals surface area contributed by atoms with E-state index in [0.717, 1.165) is 102 Å². The maximum atomic E-state index is 15.8. The number of thioether (sulfide) groups is 2. The Morgan fingerprint density at radius 3 is 1.44 bits per heavy atom. The summed E-state index contributed by atoms with van der Waals surface area (Å²) < 4.78 is 41.9. The third-order valence-electron chi connectivity index (χ3n) is 11.5. The second-order valence-corrected chi connectivity index (χ2v) is 20.3. The van der Waals surface area contributed by atoms with E-state index in [1.54, 1.807) is 12.1 Å². The van der Waals surface area contributed by atoms with Crippen LogP contribution >= 0.6 is 57.9 Å². The fourth-order valence-electron chi connectivity index (χ4n) is 7.93. The predicted octanol–water partition coefficient (Wildman–Crippen LogP) is 16.5. The molecule has 2 unspecified atom stereocenters. The van der Waals surface area contributed by atoms with Crippen molar-refractivity contribution in [1.29, 1.82) is 10.5 Å². The van der Waals surface area contributed by atoms with Crippen LogP contribution in [0.2, 0.25) is 0 Å². The Hall–Kier alpha value is -3.84. The molecule has 0 N–H and O–H groups in total. The number of rotatable bonds is 18. The van der Waals surface area contributed by atoms with Gasteiger partial charge in [-0.1, -0.05) is 127 Å². The average Bonchev–Trinajstić information content (AvgIpc) is 4.09. The standard InChI is InChI=1S/C48H48F2N4S5/c1-5-9-11-29(7-3)13-15-31-17-19-34(36(49)25-31)38-21-23-40(55-38)42-44-45(54-59-53-44)43(47-46(42)57-48(58-47)33(27-51)28-52)41-24-22-39(56-41)35-20-18-32(26-37(35)50)16-14-30(8-4)12-10-6-2/h17-26,29-30H,5-16H2,1-4H3. The number of hydrogen-bond acceptors (Lipinski definition) is 9. The van der Waals surface area contributed by atoms with Crippen LogP contribution in [0.25, 0.3) is 52.8 Å². The molecule has 0 aliphatic carbocycles. The number of thiophene rings is 2. The number of allylic oxidation sites excluding steroid dienone is 1. The van der Waals surface area contributed by atoms with Crippen molar-refractivity contribution in [2.45, 2.75) is 115 Å². The van der Waals surface area contributed by atoms with Gasteiger partial charge in [0.25, 0.3) is 0 Å². The topological polar surface area (TPSA) is 73.4 Å². The van der Waals surface area contributed by atoms with Crippen molar-refractivity contribution in [1.82, 2.24) is 8.75 Å². The number of nitrogens with zero attached hydrogens (tertiary/aromatic N) is 4. The summed E-state index contributed by atoms with van der Waals surface area (Å²) in [7, 11) is 0. The van der Waals surface area contributed by atoms with Crippen LogP contribution in [0.1, 0.15) is 103 Å². The molecule has 4 heterocycles. The number of aryl methyl sites for hydroxylation is 2. The second kappa shape index (κ2) is 20.1. The average molecular weight is 879 g/mol. The fourth-order valence-corrected chi connectivity index (χ4v) is 13.5. The molecule has 304 valence electrons. The van der Waals surface area contributed by atoms with Gasteiger partial charge in [0.05, 0.1) is 16.0 Å². The summed E-state index contributed by atoms with van der Waals surface area (Å²) in [4.78, 5) is 5.20. The van der Waals surface area contributed by atoms with Crippen LogP contribution in [0.4, 0.5) is 8.78 Å². The van der Waals surface area contributed by atoms with E-state index in [2.05, 4.69) is 52.0 Å². The molecule has 1 aliphatic rings. The van der Waals surface area contributed by atoms with Gasteiger partial charge < -0.3 is 0 Å². The lowest BCUT2D eigenvalue weighted by Crippen LogP contribution is -2.01. The van der Waals surface area contributed by atoms with Crippen molar-refractivity contribution in [3.63, 3.8) is 0 Å². The minimum atomic E-state index is -0.228. The first-order valence-corrected chi connectivity index (χ1v) is 24.8. The van der Waals surface area contributed by atoms with Crippen molar-refractivity contribution in [3.8, 4) is 53.9 Å². The molecular formula is C48H48F2N4S5. The van der Waals surface area contributed by atoms with Crippen molar-refractivity contribution in [2.24, 2.45) is 11.8 Å². The van der Waals surface area contributed by atoms with Crippen LogP contribution in [-0.4, -0.2) is 8.75 Å². The first-order valence-electron chi connectivity index (χ1n) is 20.8. The third kappa shape index (κ3) is 9.56. The highest BCUT2D eigenvalue weighted by Gasteiger charge is 2.33. The van der Waals surface area contributed by atoms with Gasteiger partial charge in [-0.2, -0.15) is 19.3 Å². The van der Waals surface area contributed by atoms with Gasteiger partial charge >= 0.3 is 0 Å². The summed E-state index contributed by atoms with van der Waals surface area (Å²) in [5.74, 6) is 0.872. The van der Waals surface area contributed by atoms with Crippen LogP contribution in [0, 0.1) is 46.1 Å². The molecule has 0 spiro atoms. The molecule has 2 atom stereocenters. The minimum Gasteiger partial charge on any atom is -0.206 e. The summed E-state index contributed by atoms with van der Waals surface area (Å²) in [6, 6.07) is 23.4. The maximum absolute atomic E-state index is 15.8. The highest BCUT2D eigenvalue weighted by molar-refractivity contribution is 8.25. The van der Waals surface area contributed by atoms with Crippen LogP contribution in [-0.2, 0) is 12.8 Å². The number of aromatic nitrogens is 2. The highest BCUT2D eigenvalue weighted by atomic mass is 32.2. The van der Waals surface area contributed by atoms with Gasteiger partial charge in [-0.3, -0.25) is 0 Å². The molecule has 0 amide bonds. The first-order chi connectivity index (χ1) is 28.8. The summed E-state index contributed by atoms with van der Waals surface area (Å²) in [6.07, 6.45) is 13.5. The number of nitriles is 2. The van der Waals surface area contributed by atoms with Crippen molar-refractivity contribution >= 4 is 69.0 Å². The molecule has 0 saturated carbocycles. The molecule has 59 heavy (non-hydrogen) atoms. The minimum absolute atomic E-state index is 0.0470. The van der Waals surface area contributed by atoms with E-state index in [9.17, 15) is 10.5 Å². The fraction of sp³-hybridized carbons (Fsp3) is 0.375. The zero-order chi connectivity index (χ0) is 41.5. The quantitative estimate of drug-likeness (QED) is 0.0801. The van der Waals surface area contributed by atoms with Gasteiger partial charge in [0.15, 0.2) is 0 Å². The Morgan fingerprint density at radius 1 is 0.610 bits per heavy atom. The molecule has 0 bridgehead atoms. The Bertz CT molecular complexity index is 2380. The zero-order valence-corrected chi connectivity index (χ0v) is 38.1. The van der Waals surface area contributed by atoms with Gasteiger partial charge in [0.2, 0.25) is 0 Å². The molecule has 3 aromatic carbocycles. The van der Waals surface area contributed by atoms with Crippen LogP contribution in [0.3, 0.4) is 0 Å². The van der Waals surface area contributed by atoms with E-state index in [1.807, 2.05) is 36.4 Å². The van der Waals surface area contributed by atoms with Gasteiger partial charge in [0.1, 0.15) is 40.4 Å². The molecule has 0 saturated heterocycles. The summed E-state index contributed by atoms with van der Waals surface area (Å²) in [5, 5.41) is 19.8. The van der Waals surface area contributed by atoms with Crippen LogP contribution in [0.15, 0.2) is 80.3 Å². The lowest BCUT2D eigenvalue weighted by atomic mass is 9.92. The van der Waals surface area contributed by atoms with E-state index in [0.29, 0.717) is 38.2 Å². The number of halogens is 2. The number of hydrogen-bond donors (Lipinski definition) is 0. The molecule has 1 aliphatic heterocycles. The molecule has 4 nitrogen and oxygen atoms in total. The van der Waals surface area contributed by atoms with Crippen molar-refractivity contribution < 1.29 is 8.78 Å². The SMILES string of the molecule is CCCCC(CC)CCc1ccc(-c2ccc(-c3c4c(c(-c5ccc(-c6ccc(CCC(CC)CCCC)cc6F)s5)c5nsnc35)SC(=C(C#N)C#N)S4)s2)c(F)c1. The number of fused-ring (bicyclic) bond motifs is 2. The molecule has 6 aromatic rings. The highest BCUT2D eigenvalue weighted by Crippen LogP contribution is 2.62. The lowest BCUT2D eigenvalue weighted by Gasteiger charge is -2.14. The monoisotopic (exact) mass is 878 g/mol. The Morgan fingerprint density at radius 2 is 1.05 bits per heavy atom. The van der Waals surface area contributed by atoms with Crippen molar-refractivity contribution in [2.75, 3.05) is 0 Å². The van der Waals surface area contributed by atoms with Crippen molar-refractivity contribution in [3.05, 3.63) is 93.2 Å². The van der Waals surface area contributed by atoms with Gasteiger partial charge in [-0.25, -0.2) is 8.78 Å². The molecule has 11 heteroatoms. The Balaban J connectivity index is 1.22. The first kappa shape index (κ1) is 43.3. The summed E-state index contributed by atoms with van der Waals surface area (Å²) in [5.41, 5.74) is 6.36. The normalized spacial score (nSPS) is 13.4. The van der Waals surface area contributed by atoms with E-state index in [4.69, 9.17) is 8.75 Å². The van der Waals surface area contributed by atoms with Gasteiger partial charge in [0, 0.05) is 51.6 Å². The molecule has 0 fully saturated rings. The number of benzene rings is 3. The predicted molar refractivity (Wildman–Crippen MR) is 248 cm³/mol. The third-order valence-corrected chi connectivity index (χ3v) is 16.9. The van der Waals surface area contributed by atoms with Gasteiger partial charge in [-0.15, -0.1) is 22.7 Å². The maximum Gasteiger partial charge on any atom is 0.150 e. The Kier molecular flexibility index (Phi) is 14.8. The Labute approximate surface area is 368 Å². The zero-order valence-electron chi connectivity index (χ0n) is 34.0.